The second kappa shape index (κ2) is 14.1. The normalized spacial score (nSPS) is 15.2. The van der Waals surface area contributed by atoms with E-state index in [0.717, 1.165) is 71.4 Å². The first-order valence-electron chi connectivity index (χ1n) is 9.38. The average molecular weight is 475 g/mol. The molecule has 1 fully saturated rings. The number of nitrogens with one attached hydrogen (secondary N) is 2. The third kappa shape index (κ3) is 8.55. The molecule has 0 aliphatic carbocycles. The quantitative estimate of drug-likeness (QED) is 0.248. The summed E-state index contributed by atoms with van der Waals surface area (Å²) >= 11 is 0. The SMILES string of the molecule is CCN(CCCNC(=NC)NCCN1CCOCC1)c1ccccc1.I. The molecule has 0 atom stereocenters. The monoisotopic (exact) mass is 475 g/mol. The van der Waals surface area contributed by atoms with E-state index < -0.39 is 0 Å². The van der Waals surface area contributed by atoms with Crippen LogP contribution in [0, 0.1) is 0 Å². The van der Waals surface area contributed by atoms with Gasteiger partial charge in [-0.05, 0) is 25.5 Å². The highest BCUT2D eigenvalue weighted by Gasteiger charge is 2.09. The topological polar surface area (TPSA) is 52.1 Å². The minimum Gasteiger partial charge on any atom is -0.379 e. The first-order valence-corrected chi connectivity index (χ1v) is 9.38. The number of hydrogen-bond acceptors (Lipinski definition) is 4. The lowest BCUT2D eigenvalue weighted by atomic mass is 10.2. The van der Waals surface area contributed by atoms with Crippen LogP contribution in [0.1, 0.15) is 13.3 Å². The van der Waals surface area contributed by atoms with Crippen molar-refractivity contribution >= 4 is 35.6 Å². The van der Waals surface area contributed by atoms with E-state index >= 15 is 0 Å². The summed E-state index contributed by atoms with van der Waals surface area (Å²) in [6.07, 6.45) is 1.08. The van der Waals surface area contributed by atoms with Gasteiger partial charge in [-0.15, -0.1) is 24.0 Å². The minimum atomic E-state index is 0. The molecule has 1 aliphatic heterocycles. The van der Waals surface area contributed by atoms with Crippen LogP contribution in [-0.2, 0) is 4.74 Å². The zero-order valence-electron chi connectivity index (χ0n) is 16.1. The van der Waals surface area contributed by atoms with Crippen LogP contribution in [0.25, 0.3) is 0 Å². The predicted molar refractivity (Wildman–Crippen MR) is 121 cm³/mol. The number of guanidine groups is 1. The molecule has 0 amide bonds. The number of anilines is 1. The molecule has 1 aliphatic rings. The van der Waals surface area contributed by atoms with E-state index in [1.807, 2.05) is 7.05 Å². The molecular weight excluding hydrogens is 441 g/mol. The highest BCUT2D eigenvalue weighted by Crippen LogP contribution is 2.12. The highest BCUT2D eigenvalue weighted by atomic mass is 127. The largest absolute Gasteiger partial charge is 0.379 e. The second-order valence-electron chi connectivity index (χ2n) is 6.15. The van der Waals surface area contributed by atoms with Gasteiger partial charge in [0.2, 0.25) is 0 Å². The maximum absolute atomic E-state index is 5.37. The van der Waals surface area contributed by atoms with Crippen LogP contribution in [-0.4, -0.2) is 76.9 Å². The van der Waals surface area contributed by atoms with E-state index in [2.05, 4.69) is 62.7 Å². The fourth-order valence-corrected chi connectivity index (χ4v) is 2.96. The number of benzene rings is 1. The summed E-state index contributed by atoms with van der Waals surface area (Å²) in [7, 11) is 1.83. The Morgan fingerprint density at radius 1 is 1.15 bits per heavy atom. The molecule has 0 saturated carbocycles. The van der Waals surface area contributed by atoms with Gasteiger partial charge in [0.1, 0.15) is 0 Å². The first kappa shape index (κ1) is 23.0. The average Bonchev–Trinajstić information content (AvgIpc) is 2.68. The number of nitrogens with zero attached hydrogens (tertiary/aromatic N) is 3. The first-order chi connectivity index (χ1) is 12.3. The van der Waals surface area contributed by atoms with Crippen molar-refractivity contribution in [3.63, 3.8) is 0 Å². The molecule has 148 valence electrons. The van der Waals surface area contributed by atoms with Crippen LogP contribution in [0.4, 0.5) is 5.69 Å². The fourth-order valence-electron chi connectivity index (χ4n) is 2.96. The Bertz CT molecular complexity index is 494. The second-order valence-corrected chi connectivity index (χ2v) is 6.15. The molecule has 26 heavy (non-hydrogen) atoms. The number of aliphatic imine (C=N–C) groups is 1. The van der Waals surface area contributed by atoms with Crippen LogP contribution in [0.2, 0.25) is 0 Å². The summed E-state index contributed by atoms with van der Waals surface area (Å²) < 4.78 is 5.37. The Morgan fingerprint density at radius 2 is 1.85 bits per heavy atom. The summed E-state index contributed by atoms with van der Waals surface area (Å²) in [6, 6.07) is 10.6. The van der Waals surface area contributed by atoms with Crippen LogP contribution < -0.4 is 15.5 Å². The molecule has 7 heteroatoms. The van der Waals surface area contributed by atoms with Gasteiger partial charge >= 0.3 is 0 Å². The number of rotatable bonds is 9. The van der Waals surface area contributed by atoms with Gasteiger partial charge in [-0.1, -0.05) is 18.2 Å². The van der Waals surface area contributed by atoms with Crippen molar-refractivity contribution in [3.05, 3.63) is 30.3 Å². The number of ether oxygens (including phenoxy) is 1. The van der Waals surface area contributed by atoms with Gasteiger partial charge in [0.25, 0.3) is 0 Å². The molecule has 0 radical (unpaired) electrons. The van der Waals surface area contributed by atoms with Crippen molar-refractivity contribution in [1.29, 1.82) is 0 Å². The predicted octanol–water partition coefficient (Wildman–Crippen LogP) is 2.02. The Balaban J connectivity index is 0.00000338. The lowest BCUT2D eigenvalue weighted by Crippen LogP contribution is -2.44. The lowest BCUT2D eigenvalue weighted by Gasteiger charge is -2.26. The van der Waals surface area contributed by atoms with Crippen LogP contribution in [0.5, 0.6) is 0 Å². The number of para-hydroxylation sites is 1. The number of hydrogen-bond donors (Lipinski definition) is 2. The molecule has 0 spiro atoms. The van der Waals surface area contributed by atoms with Crippen molar-refractivity contribution in [2.75, 3.05) is 71.0 Å². The molecule has 1 aromatic carbocycles. The van der Waals surface area contributed by atoms with E-state index in [1.54, 1.807) is 0 Å². The van der Waals surface area contributed by atoms with Crippen molar-refractivity contribution in [2.24, 2.45) is 4.99 Å². The Hall–Kier alpha value is -1.06. The van der Waals surface area contributed by atoms with Gasteiger partial charge in [0, 0.05) is 58.5 Å². The van der Waals surface area contributed by atoms with Gasteiger partial charge < -0.3 is 20.3 Å². The fraction of sp³-hybridized carbons (Fsp3) is 0.632. The van der Waals surface area contributed by atoms with E-state index in [0.29, 0.717) is 0 Å². The third-order valence-electron chi connectivity index (χ3n) is 4.45. The van der Waals surface area contributed by atoms with E-state index in [1.165, 1.54) is 5.69 Å². The van der Waals surface area contributed by atoms with Crippen molar-refractivity contribution in [2.45, 2.75) is 13.3 Å². The molecule has 1 saturated heterocycles. The van der Waals surface area contributed by atoms with Gasteiger partial charge in [-0.25, -0.2) is 0 Å². The molecular formula is C19H34IN5O. The minimum absolute atomic E-state index is 0. The molecule has 2 N–H and O–H groups in total. The van der Waals surface area contributed by atoms with Crippen molar-refractivity contribution in [1.82, 2.24) is 15.5 Å². The molecule has 2 rings (SSSR count). The summed E-state index contributed by atoms with van der Waals surface area (Å²) in [5.74, 6) is 0.885. The summed E-state index contributed by atoms with van der Waals surface area (Å²) in [5, 5.41) is 6.80. The van der Waals surface area contributed by atoms with Crippen LogP contribution in [0.15, 0.2) is 35.3 Å². The number of morpholine rings is 1. The zero-order valence-corrected chi connectivity index (χ0v) is 18.4. The molecule has 1 aromatic rings. The van der Waals surface area contributed by atoms with Crippen LogP contribution in [0.3, 0.4) is 0 Å². The number of halogens is 1. The maximum atomic E-state index is 5.37. The van der Waals surface area contributed by atoms with E-state index in [-0.39, 0.29) is 24.0 Å². The Morgan fingerprint density at radius 3 is 2.50 bits per heavy atom. The molecule has 0 bridgehead atoms. The summed E-state index contributed by atoms with van der Waals surface area (Å²) in [4.78, 5) is 9.12. The molecule has 1 heterocycles. The highest BCUT2D eigenvalue weighted by molar-refractivity contribution is 14.0. The molecule has 0 aromatic heterocycles. The van der Waals surface area contributed by atoms with E-state index in [4.69, 9.17) is 4.74 Å². The van der Waals surface area contributed by atoms with Gasteiger partial charge in [-0.2, -0.15) is 0 Å². The zero-order chi connectivity index (χ0) is 17.7. The lowest BCUT2D eigenvalue weighted by molar-refractivity contribution is 0.0389. The Labute approximate surface area is 175 Å². The maximum Gasteiger partial charge on any atom is 0.191 e. The standard InChI is InChI=1S/C19H33N5O.HI/c1-3-24(18-8-5-4-6-9-18)12-7-10-21-19(20-2)22-11-13-23-14-16-25-17-15-23;/h4-6,8-9H,3,7,10-17H2,1-2H3,(H2,20,21,22);1H. The van der Waals surface area contributed by atoms with Gasteiger partial charge in [0.05, 0.1) is 13.2 Å². The smallest absolute Gasteiger partial charge is 0.191 e. The van der Waals surface area contributed by atoms with E-state index in [9.17, 15) is 0 Å². The van der Waals surface area contributed by atoms with Crippen molar-refractivity contribution < 1.29 is 4.74 Å². The van der Waals surface area contributed by atoms with Crippen LogP contribution >= 0.6 is 24.0 Å². The molecule has 6 nitrogen and oxygen atoms in total. The van der Waals surface area contributed by atoms with Gasteiger partial charge in [0.15, 0.2) is 5.96 Å². The third-order valence-corrected chi connectivity index (χ3v) is 4.45. The summed E-state index contributed by atoms with van der Waals surface area (Å²) in [5.41, 5.74) is 1.29. The van der Waals surface area contributed by atoms with Gasteiger partial charge in [-0.3, -0.25) is 9.89 Å². The summed E-state index contributed by atoms with van der Waals surface area (Å²) in [6.45, 7) is 10.9. The molecule has 0 unspecified atom stereocenters. The van der Waals surface area contributed by atoms with Crippen molar-refractivity contribution in [3.8, 4) is 0 Å². The Kier molecular flexibility index (Phi) is 12.4.